The third kappa shape index (κ3) is 15.7. The molecule has 0 amide bonds. The van der Waals surface area contributed by atoms with Crippen LogP contribution in [0.15, 0.2) is 291 Å². The van der Waals surface area contributed by atoms with Crippen LogP contribution in [0.3, 0.4) is 0 Å². The molecule has 0 aromatic heterocycles. The summed E-state index contributed by atoms with van der Waals surface area (Å²) in [7, 11) is 0. The maximum Gasteiger partial charge on any atom is -0.0809 e. The van der Waals surface area contributed by atoms with Gasteiger partial charge in [-0.25, -0.2) is 0 Å². The summed E-state index contributed by atoms with van der Waals surface area (Å²) in [4.78, 5) is 0. The molecule has 66 heavy (non-hydrogen) atoms. The molecule has 4 heteroatoms. The maximum absolute atomic E-state index is 2.16. The van der Waals surface area contributed by atoms with E-state index >= 15 is 0 Å². The third-order valence-electron chi connectivity index (χ3n) is 10.4. The molecule has 0 aliphatic carbocycles. The zero-order valence-electron chi connectivity index (χ0n) is 36.5. The standard InChI is InChI=1S/2C13H10.4C9H7.2ClH.2Zr/c2*1-3-7-12(8-4-1)11-13-9-5-2-6-10-13;4*1-2-5-9-7-3-6-8(9)4-1;;;;/h2*1-10H;4*1-7H;2*1H;;/q;;4*-1;;;2*+2/p-2. The first-order chi connectivity index (χ1) is 31.6. The Bertz CT molecular complexity index is 2640. The molecule has 0 saturated carbocycles. The fourth-order valence-corrected chi connectivity index (χ4v) is 8.67. The van der Waals surface area contributed by atoms with Crippen LogP contribution in [0.4, 0.5) is 0 Å². The Hall–Kier alpha value is -5.71. The van der Waals surface area contributed by atoms with Gasteiger partial charge in [0.15, 0.2) is 0 Å². The van der Waals surface area contributed by atoms with Crippen LogP contribution in [-0.4, -0.2) is 6.41 Å². The molecule has 0 unspecified atom stereocenters. The van der Waals surface area contributed by atoms with Crippen LogP contribution in [0.25, 0.3) is 43.1 Å². The van der Waals surface area contributed by atoms with Gasteiger partial charge < -0.3 is 24.8 Å². The van der Waals surface area contributed by atoms with Gasteiger partial charge >= 0.3 is 198 Å². The molecule has 0 aliphatic heterocycles. The summed E-state index contributed by atoms with van der Waals surface area (Å²) in [6, 6.07) is 101. The predicted octanol–water partition coefficient (Wildman–Crippen LogP) is 9.85. The molecule has 0 aliphatic rings. The number of fused-ring (bicyclic) bond motifs is 4. The van der Waals surface area contributed by atoms with Crippen LogP contribution >= 0.6 is 0 Å². The van der Waals surface area contributed by atoms with E-state index in [1.54, 1.807) is 0 Å². The average Bonchev–Trinajstić information content (AvgIpc) is 4.24. The van der Waals surface area contributed by atoms with Crippen molar-refractivity contribution in [3.63, 3.8) is 0 Å². The normalized spacial score (nSPS) is 9.76. The summed E-state index contributed by atoms with van der Waals surface area (Å²) < 4.78 is 2.83. The SMILES string of the molecule is [Cl-].[Cl-].[Zr+2]=[C](c1ccccc1)c1ccccc1.[Zr+2]=[C](c1ccccc1)c1ccccc1.c1ccc2[cH-]ccc2c1.c1ccc2[cH-]ccc2c1.c1ccc2[cH-]ccc2c1.c1ccc2[cH-]ccc2c1. The first-order valence-corrected chi connectivity index (χ1v) is 23.9. The van der Waals surface area contributed by atoms with Crippen molar-refractivity contribution in [2.45, 2.75) is 0 Å². The number of hydrogen-bond acceptors (Lipinski definition) is 0. The fraction of sp³-hybridized carbons (Fsp3) is 0. The molecule has 0 nitrogen and oxygen atoms in total. The first-order valence-electron chi connectivity index (χ1n) is 21.4. The Kier molecular flexibility index (Phi) is 22.0. The molecule has 0 bridgehead atoms. The van der Waals surface area contributed by atoms with E-state index in [4.69, 9.17) is 0 Å². The van der Waals surface area contributed by atoms with Crippen LogP contribution in [0.2, 0.25) is 0 Å². The minimum Gasteiger partial charge on any atom is -0.168 e. The summed E-state index contributed by atoms with van der Waals surface area (Å²) in [6.07, 6.45) is 0. The van der Waals surface area contributed by atoms with Gasteiger partial charge in [0.1, 0.15) is 0 Å². The van der Waals surface area contributed by atoms with Crippen molar-refractivity contribution in [3.05, 3.63) is 313 Å². The van der Waals surface area contributed by atoms with E-state index in [0.29, 0.717) is 0 Å². The second-order valence-corrected chi connectivity index (χ2v) is 17.3. The molecule has 12 rings (SSSR count). The molecule has 0 radical (unpaired) electrons. The van der Waals surface area contributed by atoms with E-state index < -0.39 is 0 Å². The second-order valence-electron chi connectivity index (χ2n) is 14.8. The Labute approximate surface area is 432 Å². The van der Waals surface area contributed by atoms with Gasteiger partial charge in [0.2, 0.25) is 0 Å². The fourth-order valence-electron chi connectivity index (χ4n) is 7.03. The number of benzene rings is 8. The smallest absolute Gasteiger partial charge is 0.0809 e. The topological polar surface area (TPSA) is 0 Å². The number of halogens is 2. The van der Waals surface area contributed by atoms with Crippen molar-refractivity contribution in [1.29, 1.82) is 0 Å². The molecule has 0 N–H and O–H groups in total. The van der Waals surface area contributed by atoms with Crippen LogP contribution < -0.4 is 24.8 Å². The Morgan fingerprint density at radius 2 is 0.409 bits per heavy atom. The van der Waals surface area contributed by atoms with Gasteiger partial charge in [0.25, 0.3) is 0 Å². The minimum absolute atomic E-state index is 0. The van der Waals surface area contributed by atoms with Gasteiger partial charge in [0.05, 0.1) is 0 Å². The summed E-state index contributed by atoms with van der Waals surface area (Å²) >= 11 is 2.92. The molecular formula is C62H48Cl2Zr2-2. The van der Waals surface area contributed by atoms with E-state index in [9.17, 15) is 0 Å². The van der Waals surface area contributed by atoms with Gasteiger partial charge in [-0.3, -0.25) is 0 Å². The molecule has 0 fully saturated rings. The number of hydrogen-bond donors (Lipinski definition) is 0. The van der Waals surface area contributed by atoms with Gasteiger partial charge in [-0.1, -0.05) is 24.3 Å². The maximum atomic E-state index is 2.16. The molecule has 0 heterocycles. The van der Waals surface area contributed by atoms with Gasteiger partial charge in [-0.05, 0) is 0 Å². The zero-order valence-corrected chi connectivity index (χ0v) is 42.9. The Morgan fingerprint density at radius 3 is 0.606 bits per heavy atom. The minimum atomic E-state index is 0. The average molecular weight is 1050 g/mol. The Balaban J connectivity index is 0.000000149. The van der Waals surface area contributed by atoms with E-state index in [1.165, 1.54) is 120 Å². The largest absolute Gasteiger partial charge is 0.168 e. The van der Waals surface area contributed by atoms with E-state index in [0.717, 1.165) is 0 Å². The van der Waals surface area contributed by atoms with Crippen molar-refractivity contribution in [3.8, 4) is 0 Å². The van der Waals surface area contributed by atoms with Crippen molar-refractivity contribution in [2.75, 3.05) is 0 Å². The van der Waals surface area contributed by atoms with Crippen LogP contribution in [0.1, 0.15) is 22.3 Å². The van der Waals surface area contributed by atoms with Crippen molar-refractivity contribution >= 4 is 49.5 Å². The molecule has 12 aromatic rings. The van der Waals surface area contributed by atoms with Crippen LogP contribution in [-0.2, 0) is 48.5 Å². The van der Waals surface area contributed by atoms with E-state index in [1.807, 2.05) is 0 Å². The third-order valence-corrected chi connectivity index (χ3v) is 13.3. The summed E-state index contributed by atoms with van der Waals surface area (Å²) in [5.41, 5.74) is 5.32. The van der Waals surface area contributed by atoms with E-state index in [2.05, 4.69) is 291 Å². The summed E-state index contributed by atoms with van der Waals surface area (Å²) in [6.45, 7) is 0. The van der Waals surface area contributed by atoms with Gasteiger partial charge in [-0.2, -0.15) is 70.1 Å². The predicted molar refractivity (Wildman–Crippen MR) is 270 cm³/mol. The zero-order chi connectivity index (χ0) is 44.0. The first kappa shape index (κ1) is 51.3. The number of rotatable bonds is 4. The van der Waals surface area contributed by atoms with E-state index in [-0.39, 0.29) is 24.8 Å². The van der Waals surface area contributed by atoms with Gasteiger partial charge in [0, 0.05) is 0 Å². The molecule has 0 atom stereocenters. The monoisotopic (exact) mass is 1040 g/mol. The molecular weight excluding hydrogens is 998 g/mol. The van der Waals surface area contributed by atoms with Crippen molar-refractivity contribution in [2.24, 2.45) is 0 Å². The van der Waals surface area contributed by atoms with Crippen molar-refractivity contribution < 1.29 is 73.3 Å². The molecule has 0 spiro atoms. The molecule has 0 saturated heterocycles. The molecule has 12 aromatic carbocycles. The Morgan fingerprint density at radius 1 is 0.227 bits per heavy atom. The van der Waals surface area contributed by atoms with Crippen LogP contribution in [0, 0.1) is 0 Å². The van der Waals surface area contributed by atoms with Crippen LogP contribution in [0.5, 0.6) is 0 Å². The second kappa shape index (κ2) is 28.4. The summed E-state index contributed by atoms with van der Waals surface area (Å²) in [5, 5.41) is 10.6. The molecule has 320 valence electrons. The van der Waals surface area contributed by atoms with Gasteiger partial charge in [-0.15, -0.1) is 119 Å². The summed E-state index contributed by atoms with van der Waals surface area (Å²) in [5.74, 6) is 0. The quantitative estimate of drug-likeness (QED) is 0.154. The van der Waals surface area contributed by atoms with Crippen molar-refractivity contribution in [1.82, 2.24) is 0 Å².